The number of nitrogens with one attached hydrogen (secondary N) is 2. The van der Waals surface area contributed by atoms with Gasteiger partial charge in [0.2, 0.25) is 5.91 Å². The van der Waals surface area contributed by atoms with E-state index < -0.39 is 13.3 Å². The summed E-state index contributed by atoms with van der Waals surface area (Å²) in [5, 5.41) is 5.86. The molecule has 0 radical (unpaired) electrons. The number of pyridine rings is 1. The molecular formula is C20H24N4O2. The molecule has 1 aromatic carbocycles. The van der Waals surface area contributed by atoms with Gasteiger partial charge in [-0.1, -0.05) is 30.3 Å². The Morgan fingerprint density at radius 2 is 2.35 bits per heavy atom. The molecule has 1 aliphatic heterocycles. The molecule has 3 rings (SSSR count). The van der Waals surface area contributed by atoms with Crippen LogP contribution in [0.2, 0.25) is 0 Å². The Morgan fingerprint density at radius 1 is 1.50 bits per heavy atom. The van der Waals surface area contributed by atoms with Crippen LogP contribution in [0.1, 0.15) is 42.1 Å². The van der Waals surface area contributed by atoms with E-state index in [4.69, 9.17) is 11.6 Å². The van der Waals surface area contributed by atoms with Crippen LogP contribution in [0.15, 0.2) is 47.6 Å². The predicted octanol–water partition coefficient (Wildman–Crippen LogP) is 2.00. The summed E-state index contributed by atoms with van der Waals surface area (Å²) in [6.07, 6.45) is 1.54. The molecular weight excluding hydrogens is 328 g/mol. The smallest absolute Gasteiger partial charge is 0.226 e. The summed E-state index contributed by atoms with van der Waals surface area (Å²) in [6, 6.07) is 11.0. The van der Waals surface area contributed by atoms with Crippen LogP contribution in [0, 0.1) is 0 Å². The number of hydrogen-bond donors (Lipinski definition) is 2. The summed E-state index contributed by atoms with van der Waals surface area (Å²) in [4.78, 5) is 20.6. The monoisotopic (exact) mass is 357 g/mol. The Labute approximate surface area is 160 Å². The lowest BCUT2D eigenvalue weighted by Crippen LogP contribution is -2.32. The largest absolute Gasteiger partial charge is 0.382 e. The highest BCUT2D eigenvalue weighted by Gasteiger charge is 2.19. The maximum absolute atomic E-state index is 12.6. The minimum absolute atomic E-state index is 0.0584. The summed E-state index contributed by atoms with van der Waals surface area (Å²) >= 11 is 0. The Balaban J connectivity index is 1.71. The molecule has 1 amide bonds. The zero-order valence-electron chi connectivity index (χ0n) is 19.5. The Kier molecular flexibility index (Phi) is 4.16. The van der Waals surface area contributed by atoms with Gasteiger partial charge in [-0.15, -0.1) is 0 Å². The number of methoxy groups -OCH3 is 1. The van der Waals surface area contributed by atoms with Gasteiger partial charge in [-0.05, 0) is 24.0 Å². The number of amides is 1. The van der Waals surface area contributed by atoms with E-state index in [-0.39, 0.29) is 24.2 Å². The number of carbonyl (C=O) groups excluding carboxylic acids is 1. The third kappa shape index (κ3) is 4.26. The lowest BCUT2D eigenvalue weighted by molar-refractivity contribution is -0.121. The number of carbonyl (C=O) groups is 1. The van der Waals surface area contributed by atoms with Gasteiger partial charge in [0.1, 0.15) is 5.84 Å². The molecule has 1 aliphatic rings. The molecule has 0 spiro atoms. The van der Waals surface area contributed by atoms with Crippen LogP contribution in [0.4, 0.5) is 0 Å². The summed E-state index contributed by atoms with van der Waals surface area (Å²) in [6.45, 7) is -4.92. The van der Waals surface area contributed by atoms with Crippen molar-refractivity contribution in [2.45, 2.75) is 25.9 Å². The van der Waals surface area contributed by atoms with Crippen LogP contribution < -0.4 is 10.6 Å². The third-order valence-electron chi connectivity index (χ3n) is 4.13. The molecule has 0 bridgehead atoms. The van der Waals surface area contributed by atoms with E-state index in [9.17, 15) is 4.79 Å². The maximum Gasteiger partial charge on any atom is 0.226 e. The van der Waals surface area contributed by atoms with Crippen molar-refractivity contribution in [3.05, 3.63) is 65.0 Å². The number of amidine groups is 1. The topological polar surface area (TPSA) is 75.6 Å². The molecule has 1 aromatic heterocycles. The Morgan fingerprint density at radius 3 is 3.12 bits per heavy atom. The minimum Gasteiger partial charge on any atom is -0.382 e. The van der Waals surface area contributed by atoms with Crippen molar-refractivity contribution < 1.29 is 16.4 Å². The number of fused-ring (bicyclic) bond motifs is 1. The van der Waals surface area contributed by atoms with Crippen molar-refractivity contribution in [3.63, 3.8) is 0 Å². The molecule has 0 aliphatic carbocycles. The molecule has 0 saturated carbocycles. The van der Waals surface area contributed by atoms with Gasteiger partial charge in [-0.3, -0.25) is 14.8 Å². The Hall–Kier alpha value is -2.73. The van der Waals surface area contributed by atoms with E-state index in [1.54, 1.807) is 13.2 Å². The molecule has 0 fully saturated rings. The van der Waals surface area contributed by atoms with Crippen LogP contribution in [-0.4, -0.2) is 36.9 Å². The third-order valence-corrected chi connectivity index (χ3v) is 4.13. The number of ether oxygens (including phenoxy) is 1. The first-order chi connectivity index (χ1) is 14.6. The second-order valence-electron chi connectivity index (χ2n) is 5.92. The van der Waals surface area contributed by atoms with Crippen molar-refractivity contribution in [2.24, 2.45) is 4.99 Å². The van der Waals surface area contributed by atoms with Crippen LogP contribution in [0.25, 0.3) is 0 Å². The first-order valence-electron chi connectivity index (χ1n) is 10.8. The van der Waals surface area contributed by atoms with E-state index in [0.717, 1.165) is 11.1 Å². The van der Waals surface area contributed by atoms with Gasteiger partial charge in [-0.2, -0.15) is 0 Å². The first kappa shape index (κ1) is 12.6. The molecule has 0 unspecified atom stereocenters. The van der Waals surface area contributed by atoms with Gasteiger partial charge in [0, 0.05) is 36.0 Å². The normalized spacial score (nSPS) is 19.3. The molecule has 26 heavy (non-hydrogen) atoms. The molecule has 6 heteroatoms. The lowest BCUT2D eigenvalue weighted by Gasteiger charge is -2.18. The van der Waals surface area contributed by atoms with Gasteiger partial charge >= 0.3 is 0 Å². The van der Waals surface area contributed by atoms with Crippen LogP contribution in [-0.2, 0) is 22.5 Å². The molecule has 2 N–H and O–H groups in total. The van der Waals surface area contributed by atoms with E-state index in [1.165, 1.54) is 6.20 Å². The highest BCUT2D eigenvalue weighted by atomic mass is 16.5. The van der Waals surface area contributed by atoms with Gasteiger partial charge in [0.25, 0.3) is 0 Å². The molecule has 6 nitrogen and oxygen atoms in total. The van der Waals surface area contributed by atoms with Crippen molar-refractivity contribution in [2.75, 3.05) is 20.2 Å². The first-order valence-corrected chi connectivity index (χ1v) is 8.26. The van der Waals surface area contributed by atoms with Crippen molar-refractivity contribution in [1.29, 1.82) is 0 Å². The number of rotatable bonds is 7. The predicted molar refractivity (Wildman–Crippen MR) is 101 cm³/mol. The fourth-order valence-electron chi connectivity index (χ4n) is 2.92. The number of nitrogens with zero attached hydrogens (tertiary/aromatic N) is 2. The van der Waals surface area contributed by atoms with Crippen LogP contribution in [0.5, 0.6) is 0 Å². The fourth-order valence-corrected chi connectivity index (χ4v) is 2.92. The van der Waals surface area contributed by atoms with Crippen molar-refractivity contribution in [3.8, 4) is 0 Å². The molecule has 2 aromatic rings. The standard InChI is InChI=1S/C20H24N4O2/c1-3-21-20-17-12-22-16(9-15(17)11-23-20)10-19(25)24-18(13-26-2)14-7-5-4-6-8-14/h4-9,12,18H,3,10-11,13H2,1-2H3,(H,21,23)(H,24,25)/t18-/m1/s1/i1D3,3D2. The molecule has 0 saturated heterocycles. The van der Waals surface area contributed by atoms with Gasteiger partial charge in [0.15, 0.2) is 0 Å². The number of aliphatic imine (C=N–C) groups is 1. The van der Waals surface area contributed by atoms with E-state index >= 15 is 0 Å². The SMILES string of the molecule is [2H]C([2H])([2H])C([2H])([2H])N=C1NCc2cc(CC(=O)N[C@H](COC)c3ccccc3)ncc21. The molecule has 2 heterocycles. The Bertz CT molecular complexity index is 964. The van der Waals surface area contributed by atoms with Crippen LogP contribution in [0.3, 0.4) is 0 Å². The average Bonchev–Trinajstić information content (AvgIpc) is 3.09. The highest BCUT2D eigenvalue weighted by Crippen LogP contribution is 2.17. The summed E-state index contributed by atoms with van der Waals surface area (Å²) < 4.78 is 42.5. The van der Waals surface area contributed by atoms with Gasteiger partial charge < -0.3 is 15.4 Å². The summed E-state index contributed by atoms with van der Waals surface area (Å²) in [5.74, 6) is -0.0687. The van der Waals surface area contributed by atoms with Gasteiger partial charge in [0.05, 0.1) is 27.5 Å². The lowest BCUT2D eigenvalue weighted by atomic mass is 10.1. The second kappa shape index (κ2) is 8.58. The van der Waals surface area contributed by atoms with E-state index in [0.29, 0.717) is 24.4 Å². The average molecular weight is 357 g/mol. The quantitative estimate of drug-likeness (QED) is 0.795. The molecule has 136 valence electrons. The zero-order valence-corrected chi connectivity index (χ0v) is 14.5. The zero-order chi connectivity index (χ0) is 22.6. The van der Waals surface area contributed by atoms with E-state index in [1.807, 2.05) is 30.3 Å². The summed E-state index contributed by atoms with van der Waals surface area (Å²) in [7, 11) is 1.57. The maximum atomic E-state index is 12.6. The highest BCUT2D eigenvalue weighted by molar-refractivity contribution is 6.02. The minimum atomic E-state index is -2.88. The number of aromatic nitrogens is 1. The van der Waals surface area contributed by atoms with E-state index in [2.05, 4.69) is 20.6 Å². The van der Waals surface area contributed by atoms with Crippen LogP contribution >= 0.6 is 0 Å². The number of benzene rings is 1. The van der Waals surface area contributed by atoms with Gasteiger partial charge in [-0.25, -0.2) is 0 Å². The number of hydrogen-bond acceptors (Lipinski definition) is 4. The summed E-state index contributed by atoms with van der Waals surface area (Å²) in [5.41, 5.74) is 2.78. The fraction of sp³-hybridized carbons (Fsp3) is 0.350. The second-order valence-corrected chi connectivity index (χ2v) is 5.92. The van der Waals surface area contributed by atoms with Crippen molar-refractivity contribution in [1.82, 2.24) is 15.6 Å². The molecule has 1 atom stereocenters. The van der Waals surface area contributed by atoms with Crippen molar-refractivity contribution >= 4 is 11.7 Å².